The van der Waals surface area contributed by atoms with Crippen LogP contribution in [0.3, 0.4) is 0 Å². The molecule has 0 aliphatic rings. The molecule has 6 heteroatoms. The normalized spacial score (nSPS) is 10.2. The second-order valence-electron chi connectivity index (χ2n) is 2.99. The van der Waals surface area contributed by atoms with Crippen LogP contribution in [0.4, 0.5) is 0 Å². The summed E-state index contributed by atoms with van der Waals surface area (Å²) in [5.41, 5.74) is 2.37. The Kier molecular flexibility index (Phi) is 2.17. The van der Waals surface area contributed by atoms with Crippen LogP contribution in [0.2, 0.25) is 0 Å². The van der Waals surface area contributed by atoms with Gasteiger partial charge in [-0.15, -0.1) is 9.89 Å². The zero-order valence-electron chi connectivity index (χ0n) is 7.97. The molecule has 2 rings (SSSR count). The number of benzene rings is 1. The van der Waals surface area contributed by atoms with Crippen LogP contribution in [-0.2, 0) is 4.79 Å². The summed E-state index contributed by atoms with van der Waals surface area (Å²) >= 11 is 0. The summed E-state index contributed by atoms with van der Waals surface area (Å²) in [7, 11) is 0. The van der Waals surface area contributed by atoms with Gasteiger partial charge in [0, 0.05) is 6.92 Å². The summed E-state index contributed by atoms with van der Waals surface area (Å²) < 4.78 is 0. The number of rotatable bonds is 1. The maximum Gasteiger partial charge on any atom is 0.297 e. The Hall–Kier alpha value is -2.24. The molecular weight excluding hydrogens is 196 g/mol. The molecule has 0 aliphatic carbocycles. The molecule has 1 N–H and O–H groups in total. The van der Waals surface area contributed by atoms with Crippen LogP contribution in [0.1, 0.15) is 6.92 Å². The molecule has 2 aromatic rings. The van der Waals surface area contributed by atoms with Gasteiger partial charge in [0.05, 0.1) is 5.39 Å². The molecule has 0 radical (unpaired) electrons. The molecular formula is C9H8N4O2. The summed E-state index contributed by atoms with van der Waals surface area (Å²) in [6, 6.07) is 6.80. The van der Waals surface area contributed by atoms with Crippen molar-refractivity contribution in [2.75, 3.05) is 5.43 Å². The highest BCUT2D eigenvalue weighted by molar-refractivity contribution is 5.81. The number of hydrogen-bond donors (Lipinski definition) is 1. The van der Waals surface area contributed by atoms with Gasteiger partial charge >= 0.3 is 0 Å². The summed E-state index contributed by atoms with van der Waals surface area (Å²) in [6.07, 6.45) is 0. The molecule has 0 saturated heterocycles. The first-order valence-corrected chi connectivity index (χ1v) is 4.31. The van der Waals surface area contributed by atoms with Crippen LogP contribution in [0.5, 0.6) is 0 Å². The van der Waals surface area contributed by atoms with Gasteiger partial charge in [-0.2, -0.15) is 0 Å². The maximum atomic E-state index is 11.7. The van der Waals surface area contributed by atoms with Crippen LogP contribution in [0, 0.1) is 0 Å². The summed E-state index contributed by atoms with van der Waals surface area (Å²) in [5, 5.41) is 7.78. The molecule has 76 valence electrons. The van der Waals surface area contributed by atoms with Gasteiger partial charge in [-0.3, -0.25) is 9.59 Å². The van der Waals surface area contributed by atoms with E-state index in [1.165, 1.54) is 6.92 Å². The van der Waals surface area contributed by atoms with Crippen molar-refractivity contribution < 1.29 is 4.79 Å². The van der Waals surface area contributed by atoms with Gasteiger partial charge in [0.15, 0.2) is 0 Å². The highest BCUT2D eigenvalue weighted by atomic mass is 16.2. The van der Waals surface area contributed by atoms with Gasteiger partial charge in [-0.05, 0) is 17.3 Å². The lowest BCUT2D eigenvalue weighted by molar-refractivity contribution is -0.115. The zero-order valence-corrected chi connectivity index (χ0v) is 7.97. The van der Waals surface area contributed by atoms with E-state index in [9.17, 15) is 9.59 Å². The van der Waals surface area contributed by atoms with E-state index in [4.69, 9.17) is 0 Å². The SMILES string of the molecule is CC(=O)Nn1nnc2ccccc2c1=O. The van der Waals surface area contributed by atoms with E-state index in [0.29, 0.717) is 10.9 Å². The Morgan fingerprint density at radius 1 is 1.40 bits per heavy atom. The first-order valence-electron chi connectivity index (χ1n) is 4.31. The maximum absolute atomic E-state index is 11.7. The van der Waals surface area contributed by atoms with Crippen molar-refractivity contribution in [3.8, 4) is 0 Å². The minimum absolute atomic E-state index is 0.373. The van der Waals surface area contributed by atoms with Gasteiger partial charge in [0.1, 0.15) is 5.52 Å². The fourth-order valence-electron chi connectivity index (χ4n) is 1.21. The number of hydrogen-bond acceptors (Lipinski definition) is 4. The van der Waals surface area contributed by atoms with E-state index in [0.717, 1.165) is 4.79 Å². The number of fused-ring (bicyclic) bond motifs is 1. The van der Waals surface area contributed by atoms with Gasteiger partial charge in [-0.1, -0.05) is 12.1 Å². The topological polar surface area (TPSA) is 76.9 Å². The van der Waals surface area contributed by atoms with Gasteiger partial charge in [0.25, 0.3) is 5.56 Å². The molecule has 0 saturated carbocycles. The number of nitrogens with one attached hydrogen (secondary N) is 1. The lowest BCUT2D eigenvalue weighted by atomic mass is 10.2. The van der Waals surface area contributed by atoms with Crippen LogP contribution in [-0.4, -0.2) is 21.0 Å². The predicted molar refractivity (Wildman–Crippen MR) is 53.8 cm³/mol. The highest BCUT2D eigenvalue weighted by Crippen LogP contribution is 2.02. The second-order valence-corrected chi connectivity index (χ2v) is 2.99. The lowest BCUT2D eigenvalue weighted by Crippen LogP contribution is -2.34. The molecule has 1 amide bonds. The van der Waals surface area contributed by atoms with E-state index >= 15 is 0 Å². The van der Waals surface area contributed by atoms with Crippen molar-refractivity contribution in [2.45, 2.75) is 6.92 Å². The second kappa shape index (κ2) is 3.49. The third kappa shape index (κ3) is 1.69. The quantitative estimate of drug-likeness (QED) is 0.702. The molecule has 1 heterocycles. The summed E-state index contributed by atoms with van der Waals surface area (Å²) in [4.78, 5) is 23.3. The Bertz CT molecular complexity index is 576. The number of aromatic nitrogens is 3. The van der Waals surface area contributed by atoms with E-state index in [1.54, 1.807) is 24.3 Å². The Balaban J connectivity index is 2.65. The predicted octanol–water partition coefficient (Wildman–Crippen LogP) is -0.119. The molecule has 0 fully saturated rings. The van der Waals surface area contributed by atoms with Crippen LogP contribution < -0.4 is 11.0 Å². The van der Waals surface area contributed by atoms with Crippen LogP contribution >= 0.6 is 0 Å². The first kappa shape index (κ1) is 9.32. The largest absolute Gasteiger partial charge is 0.297 e. The van der Waals surface area contributed by atoms with Gasteiger partial charge in [-0.25, -0.2) is 5.43 Å². The third-order valence-electron chi connectivity index (χ3n) is 1.83. The molecule has 1 aromatic heterocycles. The number of carbonyl (C=O) groups is 1. The van der Waals surface area contributed by atoms with E-state index < -0.39 is 5.56 Å². The molecule has 0 aliphatic heterocycles. The monoisotopic (exact) mass is 204 g/mol. The van der Waals surface area contributed by atoms with E-state index in [-0.39, 0.29) is 5.91 Å². The molecule has 0 unspecified atom stereocenters. The zero-order chi connectivity index (χ0) is 10.8. The number of amides is 1. The van der Waals surface area contributed by atoms with Crippen molar-refractivity contribution in [3.63, 3.8) is 0 Å². The Morgan fingerprint density at radius 2 is 2.13 bits per heavy atom. The fourth-order valence-corrected chi connectivity index (χ4v) is 1.21. The van der Waals surface area contributed by atoms with Gasteiger partial charge < -0.3 is 0 Å². The molecule has 0 spiro atoms. The van der Waals surface area contributed by atoms with Gasteiger partial charge in [0.2, 0.25) is 5.91 Å². The molecule has 15 heavy (non-hydrogen) atoms. The van der Waals surface area contributed by atoms with Crippen molar-refractivity contribution in [1.82, 2.24) is 15.1 Å². The molecule has 1 aromatic carbocycles. The van der Waals surface area contributed by atoms with E-state index in [1.807, 2.05) is 0 Å². The number of nitrogens with zero attached hydrogens (tertiary/aromatic N) is 3. The Morgan fingerprint density at radius 3 is 2.87 bits per heavy atom. The van der Waals surface area contributed by atoms with Crippen molar-refractivity contribution >= 4 is 16.8 Å². The minimum atomic E-state index is -0.393. The van der Waals surface area contributed by atoms with Crippen molar-refractivity contribution in [2.24, 2.45) is 0 Å². The van der Waals surface area contributed by atoms with Crippen molar-refractivity contribution in [3.05, 3.63) is 34.6 Å². The number of carbonyl (C=O) groups excluding carboxylic acids is 1. The lowest BCUT2D eigenvalue weighted by Gasteiger charge is -2.03. The first-order chi connectivity index (χ1) is 7.18. The highest BCUT2D eigenvalue weighted by Gasteiger charge is 2.04. The molecule has 6 nitrogen and oxygen atoms in total. The van der Waals surface area contributed by atoms with Crippen LogP contribution in [0.15, 0.2) is 29.1 Å². The third-order valence-corrected chi connectivity index (χ3v) is 1.83. The molecule has 0 atom stereocenters. The fraction of sp³-hybridized carbons (Fsp3) is 0.111. The summed E-state index contributed by atoms with van der Waals surface area (Å²) in [5.74, 6) is -0.373. The standard InChI is InChI=1S/C9H8N4O2/c1-6(14)11-13-9(15)7-4-2-3-5-8(7)10-12-13/h2-5H,1H3,(H,11,14). The minimum Gasteiger partial charge on any atom is -0.274 e. The average Bonchev–Trinajstić information content (AvgIpc) is 2.22. The van der Waals surface area contributed by atoms with Crippen molar-refractivity contribution in [1.29, 1.82) is 0 Å². The Labute approximate surface area is 84.5 Å². The smallest absolute Gasteiger partial charge is 0.274 e. The van der Waals surface area contributed by atoms with Crippen LogP contribution in [0.25, 0.3) is 10.9 Å². The average molecular weight is 204 g/mol. The summed E-state index contributed by atoms with van der Waals surface area (Å²) in [6.45, 7) is 1.29. The van der Waals surface area contributed by atoms with E-state index in [2.05, 4.69) is 15.7 Å². The molecule has 0 bridgehead atoms.